The zero-order valence-corrected chi connectivity index (χ0v) is 12.5. The smallest absolute Gasteiger partial charge is 0.265 e. The van der Waals surface area contributed by atoms with Crippen molar-refractivity contribution in [1.29, 1.82) is 0 Å². The van der Waals surface area contributed by atoms with Gasteiger partial charge >= 0.3 is 0 Å². The Bertz CT molecular complexity index is 717. The number of benzene rings is 1. The molecule has 0 saturated carbocycles. The van der Waals surface area contributed by atoms with Gasteiger partial charge in [-0.15, -0.1) is 0 Å². The van der Waals surface area contributed by atoms with Gasteiger partial charge in [-0.25, -0.2) is 12.8 Å². The molecule has 0 aliphatic carbocycles. The Morgan fingerprint density at radius 3 is 2.90 bits per heavy atom. The number of aliphatic hydroxyl groups excluding tert-OH is 1. The highest BCUT2D eigenvalue weighted by atomic mass is 79.9. The van der Waals surface area contributed by atoms with Crippen LogP contribution in [0, 0.1) is 5.82 Å². The van der Waals surface area contributed by atoms with Crippen LogP contribution in [0.1, 0.15) is 0 Å². The van der Waals surface area contributed by atoms with Gasteiger partial charge in [0.25, 0.3) is 10.0 Å². The molecule has 1 aromatic carbocycles. The Kier molecular flexibility index (Phi) is 4.41. The summed E-state index contributed by atoms with van der Waals surface area (Å²) in [5.41, 5.74) is 0.0971. The molecule has 20 heavy (non-hydrogen) atoms. The molecule has 108 valence electrons. The first-order chi connectivity index (χ1) is 9.42. The van der Waals surface area contributed by atoms with Gasteiger partial charge in [-0.05, 0) is 34.1 Å². The maximum Gasteiger partial charge on any atom is 0.265 e. The Balaban J connectivity index is 2.28. The van der Waals surface area contributed by atoms with Crippen LogP contribution in [0.25, 0.3) is 0 Å². The molecule has 0 fully saturated rings. The van der Waals surface area contributed by atoms with Crippen molar-refractivity contribution in [3.63, 3.8) is 0 Å². The van der Waals surface area contributed by atoms with Gasteiger partial charge in [0.15, 0.2) is 0 Å². The van der Waals surface area contributed by atoms with Crippen molar-refractivity contribution in [2.45, 2.75) is 11.4 Å². The minimum atomic E-state index is -3.86. The molecular formula is C11H11BrFN3O3S. The highest BCUT2D eigenvalue weighted by Crippen LogP contribution is 2.25. The minimum Gasteiger partial charge on any atom is -0.394 e. The fourth-order valence-electron chi connectivity index (χ4n) is 1.49. The number of nitrogens with one attached hydrogen (secondary N) is 1. The summed E-state index contributed by atoms with van der Waals surface area (Å²) in [5.74, 6) is -0.554. The van der Waals surface area contributed by atoms with Gasteiger partial charge in [0.05, 0.1) is 25.0 Å². The lowest BCUT2D eigenvalue weighted by Gasteiger charge is -2.08. The standard InChI is InChI=1S/C11H11BrFN3O3S/c12-10-2-1-8(13)5-11(10)15-20(18,19)9-6-14-16(7-9)3-4-17/h1-2,5-7,15,17H,3-4H2. The lowest BCUT2D eigenvalue weighted by Crippen LogP contribution is -2.13. The third kappa shape index (κ3) is 3.35. The van der Waals surface area contributed by atoms with E-state index in [1.54, 1.807) is 0 Å². The van der Waals surface area contributed by atoms with Gasteiger partial charge in [-0.2, -0.15) is 5.10 Å². The van der Waals surface area contributed by atoms with Crippen molar-refractivity contribution in [3.05, 3.63) is 40.9 Å². The first kappa shape index (κ1) is 14.9. The summed E-state index contributed by atoms with van der Waals surface area (Å²) < 4.78 is 41.3. The fourth-order valence-corrected chi connectivity index (χ4v) is 2.99. The van der Waals surface area contributed by atoms with E-state index < -0.39 is 15.8 Å². The number of rotatable bonds is 5. The zero-order valence-electron chi connectivity index (χ0n) is 10.1. The average Bonchev–Trinajstić information content (AvgIpc) is 2.83. The maximum absolute atomic E-state index is 13.1. The third-order valence-electron chi connectivity index (χ3n) is 2.42. The highest BCUT2D eigenvalue weighted by molar-refractivity contribution is 9.10. The number of aliphatic hydroxyl groups is 1. The molecule has 0 bridgehead atoms. The van der Waals surface area contributed by atoms with E-state index in [1.807, 2.05) is 0 Å². The zero-order chi connectivity index (χ0) is 14.8. The van der Waals surface area contributed by atoms with Crippen molar-refractivity contribution in [2.24, 2.45) is 0 Å². The van der Waals surface area contributed by atoms with Gasteiger partial charge in [0, 0.05) is 10.7 Å². The van der Waals surface area contributed by atoms with E-state index >= 15 is 0 Å². The Morgan fingerprint density at radius 1 is 1.45 bits per heavy atom. The van der Waals surface area contributed by atoms with Crippen LogP contribution in [0.15, 0.2) is 40.0 Å². The molecule has 9 heteroatoms. The second kappa shape index (κ2) is 5.90. The molecule has 0 radical (unpaired) electrons. The van der Waals surface area contributed by atoms with Crippen LogP contribution >= 0.6 is 15.9 Å². The summed E-state index contributed by atoms with van der Waals surface area (Å²) in [4.78, 5) is -0.0675. The van der Waals surface area contributed by atoms with Crippen LogP contribution in [0.4, 0.5) is 10.1 Å². The predicted molar refractivity (Wildman–Crippen MR) is 74.2 cm³/mol. The predicted octanol–water partition coefficient (Wildman–Crippen LogP) is 1.58. The summed E-state index contributed by atoms with van der Waals surface area (Å²) in [6.07, 6.45) is 2.44. The van der Waals surface area contributed by atoms with Crippen molar-refractivity contribution in [1.82, 2.24) is 9.78 Å². The monoisotopic (exact) mass is 363 g/mol. The second-order valence-corrected chi connectivity index (χ2v) is 6.43. The van der Waals surface area contributed by atoms with E-state index in [4.69, 9.17) is 5.11 Å². The number of anilines is 1. The maximum atomic E-state index is 13.1. The van der Waals surface area contributed by atoms with Gasteiger partial charge in [0.1, 0.15) is 10.7 Å². The molecule has 0 unspecified atom stereocenters. The molecule has 1 heterocycles. The first-order valence-corrected chi connectivity index (χ1v) is 7.81. The molecular weight excluding hydrogens is 353 g/mol. The summed E-state index contributed by atoms with van der Waals surface area (Å²) in [6, 6.07) is 3.68. The molecule has 0 saturated heterocycles. The number of halogens is 2. The Morgan fingerprint density at radius 2 is 2.20 bits per heavy atom. The van der Waals surface area contributed by atoms with Crippen molar-refractivity contribution in [2.75, 3.05) is 11.3 Å². The topological polar surface area (TPSA) is 84.2 Å². The fraction of sp³-hybridized carbons (Fsp3) is 0.182. The minimum absolute atomic E-state index is 0.0675. The molecule has 6 nitrogen and oxygen atoms in total. The molecule has 2 N–H and O–H groups in total. The number of sulfonamides is 1. The van der Waals surface area contributed by atoms with Gasteiger partial charge < -0.3 is 5.11 Å². The molecule has 0 spiro atoms. The van der Waals surface area contributed by atoms with E-state index in [2.05, 4.69) is 25.8 Å². The molecule has 0 amide bonds. The lowest BCUT2D eigenvalue weighted by molar-refractivity contribution is 0.269. The number of aromatic nitrogens is 2. The van der Waals surface area contributed by atoms with E-state index in [-0.39, 0.29) is 23.7 Å². The van der Waals surface area contributed by atoms with Crippen molar-refractivity contribution < 1.29 is 17.9 Å². The molecule has 0 aliphatic heterocycles. The van der Waals surface area contributed by atoms with Crippen LogP contribution < -0.4 is 4.72 Å². The molecule has 1 aromatic heterocycles. The summed E-state index contributed by atoms with van der Waals surface area (Å²) in [7, 11) is -3.86. The summed E-state index contributed by atoms with van der Waals surface area (Å²) in [6.45, 7) is 0.0449. The number of hydrogen-bond acceptors (Lipinski definition) is 4. The van der Waals surface area contributed by atoms with E-state index in [9.17, 15) is 12.8 Å². The van der Waals surface area contributed by atoms with Crippen LogP contribution in [-0.4, -0.2) is 29.9 Å². The highest BCUT2D eigenvalue weighted by Gasteiger charge is 2.18. The van der Waals surface area contributed by atoms with E-state index in [0.717, 1.165) is 12.3 Å². The number of hydrogen-bond donors (Lipinski definition) is 2. The summed E-state index contributed by atoms with van der Waals surface area (Å²) >= 11 is 3.14. The molecule has 0 aliphatic rings. The normalized spacial score (nSPS) is 11.6. The Labute approximate surface area is 123 Å². The largest absolute Gasteiger partial charge is 0.394 e. The second-order valence-electron chi connectivity index (χ2n) is 3.89. The van der Waals surface area contributed by atoms with Crippen molar-refractivity contribution in [3.8, 4) is 0 Å². The molecule has 2 rings (SSSR count). The summed E-state index contributed by atoms with van der Waals surface area (Å²) in [5, 5.41) is 12.6. The quantitative estimate of drug-likeness (QED) is 0.844. The van der Waals surface area contributed by atoms with Gasteiger partial charge in [0.2, 0.25) is 0 Å². The molecule has 0 atom stereocenters. The average molecular weight is 364 g/mol. The van der Waals surface area contributed by atoms with Crippen LogP contribution in [0.2, 0.25) is 0 Å². The van der Waals surface area contributed by atoms with Gasteiger partial charge in [-0.3, -0.25) is 9.40 Å². The van der Waals surface area contributed by atoms with Gasteiger partial charge in [-0.1, -0.05) is 0 Å². The first-order valence-electron chi connectivity index (χ1n) is 5.53. The lowest BCUT2D eigenvalue weighted by atomic mass is 10.3. The number of nitrogens with zero attached hydrogens (tertiary/aromatic N) is 2. The Hall–Kier alpha value is -1.45. The van der Waals surface area contributed by atoms with Crippen molar-refractivity contribution >= 4 is 31.6 Å². The van der Waals surface area contributed by atoms with E-state index in [0.29, 0.717) is 4.47 Å². The van der Waals surface area contributed by atoms with Crippen LogP contribution in [-0.2, 0) is 16.6 Å². The van der Waals surface area contributed by atoms with E-state index in [1.165, 1.54) is 23.0 Å². The SMILES string of the molecule is O=S(=O)(Nc1cc(F)ccc1Br)c1cnn(CCO)c1. The molecule has 2 aromatic rings. The van der Waals surface area contributed by atoms with Crippen LogP contribution in [0.5, 0.6) is 0 Å². The third-order valence-corrected chi connectivity index (χ3v) is 4.43. The van der Waals surface area contributed by atoms with Crippen LogP contribution in [0.3, 0.4) is 0 Å².